The van der Waals surface area contributed by atoms with Crippen LogP contribution in [0, 0.1) is 17.8 Å². The average molecular weight is 480 g/mol. The Hall–Kier alpha value is -1.58. The second-order valence-corrected chi connectivity index (χ2v) is 11.5. The summed E-state index contributed by atoms with van der Waals surface area (Å²) in [6.07, 6.45) is 3.87. The highest BCUT2D eigenvalue weighted by Crippen LogP contribution is 2.51. The fourth-order valence-electron chi connectivity index (χ4n) is 6.02. The van der Waals surface area contributed by atoms with Crippen LogP contribution in [0.5, 0.6) is 0 Å². The molecule has 0 radical (unpaired) electrons. The zero-order valence-electron chi connectivity index (χ0n) is 19.9. The number of thioether (sulfide) groups is 1. The Morgan fingerprint density at radius 1 is 1.18 bits per heavy atom. The molecule has 0 aromatic carbocycles. The highest BCUT2D eigenvalue weighted by molar-refractivity contribution is 8.03. The third-order valence-electron chi connectivity index (χ3n) is 7.78. The second kappa shape index (κ2) is 9.96. The number of β-lactam (4-membered cyclic amide) rings is 1. The Balaban J connectivity index is 1.32. The van der Waals surface area contributed by atoms with Crippen LogP contribution in [-0.4, -0.2) is 92.8 Å². The van der Waals surface area contributed by atoms with Crippen molar-refractivity contribution in [1.29, 1.82) is 0 Å². The average Bonchev–Trinajstić information content (AvgIpc) is 3.29. The molecule has 0 spiro atoms. The molecule has 3 fully saturated rings. The van der Waals surface area contributed by atoms with Gasteiger partial charge in [-0.25, -0.2) is 4.79 Å². The SMILES string of the molecule is CCCC(=O)N1CCC(CN2CC[C@@H](SC3=C(C(=O)O)N4C(=O)[C@H]([C@@H](C)O)[C@H]4[C@H]3C)C2)CC1. The molecule has 8 nitrogen and oxygen atoms in total. The van der Waals surface area contributed by atoms with E-state index in [0.29, 0.717) is 17.6 Å². The summed E-state index contributed by atoms with van der Waals surface area (Å²) < 4.78 is 0. The van der Waals surface area contributed by atoms with Gasteiger partial charge in [-0.15, -0.1) is 11.8 Å². The van der Waals surface area contributed by atoms with E-state index >= 15 is 0 Å². The summed E-state index contributed by atoms with van der Waals surface area (Å²) in [5, 5.41) is 20.2. The Morgan fingerprint density at radius 3 is 2.48 bits per heavy atom. The smallest absolute Gasteiger partial charge is 0.353 e. The van der Waals surface area contributed by atoms with E-state index in [1.54, 1.807) is 18.7 Å². The lowest BCUT2D eigenvalue weighted by molar-refractivity contribution is -0.163. The molecule has 4 rings (SSSR count). The van der Waals surface area contributed by atoms with Crippen molar-refractivity contribution in [3.05, 3.63) is 10.6 Å². The maximum absolute atomic E-state index is 12.5. The summed E-state index contributed by atoms with van der Waals surface area (Å²) >= 11 is 1.63. The van der Waals surface area contributed by atoms with Crippen molar-refractivity contribution in [2.45, 2.75) is 70.3 Å². The molecule has 0 saturated carbocycles. The third-order valence-corrected chi connectivity index (χ3v) is 9.32. The van der Waals surface area contributed by atoms with Gasteiger partial charge in [0, 0.05) is 48.7 Å². The predicted molar refractivity (Wildman–Crippen MR) is 126 cm³/mol. The normalized spacial score (nSPS) is 31.7. The molecule has 184 valence electrons. The van der Waals surface area contributed by atoms with Gasteiger partial charge in [-0.1, -0.05) is 13.8 Å². The number of rotatable bonds is 8. The van der Waals surface area contributed by atoms with Crippen LogP contribution in [0.25, 0.3) is 0 Å². The Labute approximate surface area is 200 Å². The van der Waals surface area contributed by atoms with Gasteiger partial charge in [0.15, 0.2) is 0 Å². The highest BCUT2D eigenvalue weighted by Gasteiger charge is 2.60. The number of piperidine rings is 1. The van der Waals surface area contributed by atoms with Crippen LogP contribution in [0.2, 0.25) is 0 Å². The van der Waals surface area contributed by atoms with E-state index < -0.39 is 18.0 Å². The van der Waals surface area contributed by atoms with Crippen LogP contribution in [0.3, 0.4) is 0 Å². The van der Waals surface area contributed by atoms with E-state index in [4.69, 9.17) is 0 Å². The molecule has 4 aliphatic heterocycles. The largest absolute Gasteiger partial charge is 0.477 e. The zero-order valence-corrected chi connectivity index (χ0v) is 20.7. The highest BCUT2D eigenvalue weighted by atomic mass is 32.2. The number of amides is 2. The van der Waals surface area contributed by atoms with E-state index in [2.05, 4.69) is 4.90 Å². The fraction of sp³-hybridized carbons (Fsp3) is 0.792. The second-order valence-electron chi connectivity index (χ2n) is 10.1. The zero-order chi connectivity index (χ0) is 23.9. The van der Waals surface area contributed by atoms with Crippen molar-refractivity contribution in [2.75, 3.05) is 32.7 Å². The van der Waals surface area contributed by atoms with Crippen molar-refractivity contribution < 1.29 is 24.6 Å². The molecule has 0 aromatic rings. The number of nitrogens with zero attached hydrogens (tertiary/aromatic N) is 3. The van der Waals surface area contributed by atoms with E-state index in [1.807, 2.05) is 18.7 Å². The molecule has 2 amide bonds. The maximum Gasteiger partial charge on any atom is 0.353 e. The number of carboxylic acids is 1. The first-order valence-electron chi connectivity index (χ1n) is 12.4. The number of carbonyl (C=O) groups is 3. The van der Waals surface area contributed by atoms with Gasteiger partial charge in [0.25, 0.3) is 0 Å². The molecule has 0 unspecified atom stereocenters. The van der Waals surface area contributed by atoms with Crippen LogP contribution in [0.15, 0.2) is 10.6 Å². The molecular formula is C24H37N3O5S. The standard InChI is InChI=1S/C24H37N3O5S/c1-4-5-18(29)26-10-6-16(7-11-26)12-25-9-8-17(13-25)33-22-14(2)20-19(15(3)28)23(30)27(20)21(22)24(31)32/h14-17,19-20,28H,4-13H2,1-3H3,(H,31,32)/t14-,15-,17-,19-,20-/m1/s1. The minimum Gasteiger partial charge on any atom is -0.477 e. The van der Waals surface area contributed by atoms with E-state index in [-0.39, 0.29) is 29.5 Å². The van der Waals surface area contributed by atoms with Gasteiger partial charge in [-0.3, -0.25) is 9.59 Å². The number of aliphatic hydroxyl groups is 1. The van der Waals surface area contributed by atoms with Crippen molar-refractivity contribution in [3.8, 4) is 0 Å². The van der Waals surface area contributed by atoms with Gasteiger partial charge in [-0.2, -0.15) is 0 Å². The number of hydrogen-bond donors (Lipinski definition) is 2. The first kappa shape index (κ1) is 24.5. The van der Waals surface area contributed by atoms with Crippen molar-refractivity contribution in [2.24, 2.45) is 17.8 Å². The Bertz CT molecular complexity index is 823. The van der Waals surface area contributed by atoms with Gasteiger partial charge in [-0.05, 0) is 45.1 Å². The Morgan fingerprint density at radius 2 is 1.88 bits per heavy atom. The number of carboxylic acid groups (broad SMARTS) is 1. The van der Waals surface area contributed by atoms with Gasteiger partial charge in [0.05, 0.1) is 18.1 Å². The van der Waals surface area contributed by atoms with Crippen LogP contribution >= 0.6 is 11.8 Å². The molecule has 0 aliphatic carbocycles. The molecule has 5 atom stereocenters. The van der Waals surface area contributed by atoms with Crippen molar-refractivity contribution in [1.82, 2.24) is 14.7 Å². The first-order chi connectivity index (χ1) is 15.7. The number of aliphatic carboxylic acids is 1. The topological polar surface area (TPSA) is 101 Å². The molecule has 9 heteroatoms. The lowest BCUT2D eigenvalue weighted by Gasteiger charge is -2.46. The molecule has 4 heterocycles. The van der Waals surface area contributed by atoms with E-state index in [9.17, 15) is 24.6 Å². The van der Waals surface area contributed by atoms with Crippen LogP contribution in [0.1, 0.15) is 52.9 Å². The number of aliphatic hydroxyl groups excluding tert-OH is 1. The number of hydrogen-bond acceptors (Lipinski definition) is 6. The summed E-state index contributed by atoms with van der Waals surface area (Å²) in [7, 11) is 0. The van der Waals surface area contributed by atoms with Crippen LogP contribution in [-0.2, 0) is 14.4 Å². The lowest BCUT2D eigenvalue weighted by Crippen LogP contribution is -2.63. The summed E-state index contributed by atoms with van der Waals surface area (Å²) in [6.45, 7) is 10.3. The number of fused-ring (bicyclic) bond motifs is 1. The Kier molecular flexibility index (Phi) is 7.41. The molecule has 4 aliphatic rings. The van der Waals surface area contributed by atoms with Crippen LogP contribution < -0.4 is 0 Å². The van der Waals surface area contributed by atoms with Crippen molar-refractivity contribution in [3.63, 3.8) is 0 Å². The molecule has 33 heavy (non-hydrogen) atoms. The predicted octanol–water partition coefficient (Wildman–Crippen LogP) is 1.99. The summed E-state index contributed by atoms with van der Waals surface area (Å²) in [5.41, 5.74) is 0.127. The van der Waals surface area contributed by atoms with Gasteiger partial charge in [0.1, 0.15) is 5.70 Å². The minimum absolute atomic E-state index is 0.0718. The third kappa shape index (κ3) is 4.68. The van der Waals surface area contributed by atoms with Gasteiger partial charge in [0.2, 0.25) is 11.8 Å². The molecule has 3 saturated heterocycles. The molecule has 0 aromatic heterocycles. The van der Waals surface area contributed by atoms with Crippen molar-refractivity contribution >= 4 is 29.5 Å². The summed E-state index contributed by atoms with van der Waals surface area (Å²) in [4.78, 5) is 43.4. The minimum atomic E-state index is -1.05. The first-order valence-corrected chi connectivity index (χ1v) is 13.3. The quantitative estimate of drug-likeness (QED) is 0.514. The molecule has 2 N–H and O–H groups in total. The number of carbonyl (C=O) groups excluding carboxylic acids is 2. The van der Waals surface area contributed by atoms with Gasteiger partial charge < -0.3 is 24.9 Å². The fourth-order valence-corrected chi connectivity index (χ4v) is 7.54. The van der Waals surface area contributed by atoms with E-state index in [1.165, 1.54) is 4.90 Å². The maximum atomic E-state index is 12.5. The summed E-state index contributed by atoms with van der Waals surface area (Å²) in [5.74, 6) is -1.03. The lowest BCUT2D eigenvalue weighted by atomic mass is 9.79. The van der Waals surface area contributed by atoms with E-state index in [0.717, 1.165) is 63.3 Å². The molecular weight excluding hydrogens is 442 g/mol. The summed E-state index contributed by atoms with van der Waals surface area (Å²) in [6, 6.07) is -0.246. The number of likely N-dealkylation sites (tertiary alicyclic amines) is 2. The monoisotopic (exact) mass is 479 g/mol. The van der Waals surface area contributed by atoms with Gasteiger partial charge >= 0.3 is 5.97 Å². The van der Waals surface area contributed by atoms with Crippen LogP contribution in [0.4, 0.5) is 0 Å². The molecule has 0 bridgehead atoms.